The number of ether oxygens (including phenoxy) is 3. The molecule has 1 saturated carbocycles. The molecule has 228 valence electrons. The normalized spacial score (nSPS) is 24.1. The fourth-order valence-electron chi connectivity index (χ4n) is 6.32. The Morgan fingerprint density at radius 2 is 1.86 bits per heavy atom. The molecular formula is C30H30FN7O6. The van der Waals surface area contributed by atoms with Gasteiger partial charge >= 0.3 is 18.0 Å². The minimum atomic E-state index is -0.774. The maximum absolute atomic E-state index is 15.3. The van der Waals surface area contributed by atoms with Crippen molar-refractivity contribution in [2.75, 3.05) is 37.7 Å². The summed E-state index contributed by atoms with van der Waals surface area (Å²) in [6, 6.07) is 10.2. The van der Waals surface area contributed by atoms with Gasteiger partial charge in [0.1, 0.15) is 30.5 Å². The molecule has 3 fully saturated rings. The molecule has 1 amide bonds. The molecule has 6 rings (SSSR count). The van der Waals surface area contributed by atoms with Crippen LogP contribution in [0.15, 0.2) is 48.9 Å². The lowest BCUT2D eigenvalue weighted by atomic mass is 9.95. The van der Waals surface area contributed by atoms with Crippen molar-refractivity contribution in [3.63, 3.8) is 0 Å². The van der Waals surface area contributed by atoms with Crippen LogP contribution in [0.4, 0.5) is 14.9 Å². The number of nitriles is 1. The molecule has 3 aliphatic rings. The highest BCUT2D eigenvalue weighted by Crippen LogP contribution is 2.63. The zero-order chi connectivity index (χ0) is 31.0. The molecule has 0 radical (unpaired) electrons. The van der Waals surface area contributed by atoms with Crippen molar-refractivity contribution in [3.05, 3.63) is 60.4 Å². The van der Waals surface area contributed by atoms with E-state index in [1.807, 2.05) is 0 Å². The molecule has 0 bridgehead atoms. The van der Waals surface area contributed by atoms with Gasteiger partial charge in [-0.1, -0.05) is 11.3 Å². The van der Waals surface area contributed by atoms with E-state index in [4.69, 9.17) is 14.2 Å². The third kappa shape index (κ3) is 5.46. The number of cyclic esters (lactones) is 1. The zero-order valence-corrected chi connectivity index (χ0v) is 24.1. The van der Waals surface area contributed by atoms with E-state index < -0.39 is 35.4 Å². The number of piperidine rings is 1. The van der Waals surface area contributed by atoms with E-state index in [1.54, 1.807) is 41.3 Å². The van der Waals surface area contributed by atoms with E-state index in [9.17, 15) is 19.6 Å². The van der Waals surface area contributed by atoms with Crippen LogP contribution in [0, 0.1) is 29.0 Å². The number of esters is 2. The Morgan fingerprint density at radius 3 is 2.43 bits per heavy atom. The zero-order valence-electron chi connectivity index (χ0n) is 24.1. The number of hydrogen-bond acceptors (Lipinski definition) is 11. The van der Waals surface area contributed by atoms with E-state index >= 15 is 4.39 Å². The van der Waals surface area contributed by atoms with Gasteiger partial charge in [-0.3, -0.25) is 24.4 Å². The topological polar surface area (TPSA) is 153 Å². The number of anilines is 1. The average molecular weight is 604 g/mol. The minimum Gasteiger partial charge on any atom is -0.464 e. The van der Waals surface area contributed by atoms with Gasteiger partial charge in [0.05, 0.1) is 42.8 Å². The molecule has 0 unspecified atom stereocenters. The van der Waals surface area contributed by atoms with Gasteiger partial charge in [-0.15, -0.1) is 5.10 Å². The molecule has 0 spiro atoms. The smallest absolute Gasteiger partial charge is 0.414 e. The van der Waals surface area contributed by atoms with Crippen molar-refractivity contribution in [2.24, 2.45) is 11.8 Å². The number of pyridine rings is 1. The van der Waals surface area contributed by atoms with Crippen molar-refractivity contribution in [2.45, 2.75) is 38.0 Å². The average Bonchev–Trinajstić information content (AvgIpc) is 3.49. The Morgan fingerprint density at radius 1 is 1.14 bits per heavy atom. The summed E-state index contributed by atoms with van der Waals surface area (Å²) in [5.74, 6) is -1.35. The summed E-state index contributed by atoms with van der Waals surface area (Å²) >= 11 is 0. The largest absolute Gasteiger partial charge is 0.464 e. The number of rotatable bonds is 10. The molecule has 44 heavy (non-hydrogen) atoms. The van der Waals surface area contributed by atoms with Crippen molar-refractivity contribution < 1.29 is 33.0 Å². The highest BCUT2D eigenvalue weighted by Gasteiger charge is 2.71. The molecule has 13 nitrogen and oxygen atoms in total. The first-order valence-electron chi connectivity index (χ1n) is 14.2. The summed E-state index contributed by atoms with van der Waals surface area (Å²) in [6.07, 6.45) is 3.76. The maximum Gasteiger partial charge on any atom is 0.414 e. The summed E-state index contributed by atoms with van der Waals surface area (Å²) in [5.41, 5.74) is 1.07. The summed E-state index contributed by atoms with van der Waals surface area (Å²) < 4.78 is 32.7. The Hall–Kier alpha value is -4.90. The van der Waals surface area contributed by atoms with Gasteiger partial charge in [0, 0.05) is 62.3 Å². The molecule has 3 aromatic rings. The molecule has 1 aromatic carbocycles. The van der Waals surface area contributed by atoms with Crippen LogP contribution in [-0.4, -0.2) is 87.9 Å². The van der Waals surface area contributed by atoms with Gasteiger partial charge < -0.3 is 14.2 Å². The van der Waals surface area contributed by atoms with Crippen molar-refractivity contribution >= 4 is 23.7 Å². The summed E-state index contributed by atoms with van der Waals surface area (Å²) in [6.45, 7) is 4.52. The van der Waals surface area contributed by atoms with Gasteiger partial charge in [0.2, 0.25) is 0 Å². The Labute approximate surface area is 252 Å². The van der Waals surface area contributed by atoms with Crippen molar-refractivity contribution in [1.82, 2.24) is 24.9 Å². The van der Waals surface area contributed by atoms with E-state index in [-0.39, 0.29) is 37.6 Å². The molecule has 2 aromatic heterocycles. The molecular weight excluding hydrogens is 573 g/mol. The lowest BCUT2D eigenvalue weighted by Crippen LogP contribution is -2.44. The number of benzene rings is 1. The van der Waals surface area contributed by atoms with E-state index in [2.05, 4.69) is 26.3 Å². The highest BCUT2D eigenvalue weighted by atomic mass is 19.1. The Balaban J connectivity index is 1.12. The lowest BCUT2D eigenvalue weighted by Gasteiger charge is -2.30. The Bertz CT molecular complexity index is 1580. The molecule has 2 aliphatic heterocycles. The summed E-state index contributed by atoms with van der Waals surface area (Å²) in [4.78, 5) is 43.2. The van der Waals surface area contributed by atoms with Gasteiger partial charge in [-0.25, -0.2) is 13.9 Å². The second kappa shape index (κ2) is 11.6. The fraction of sp³-hybridized carbons (Fsp3) is 0.433. The second-order valence-electron chi connectivity index (χ2n) is 11.2. The van der Waals surface area contributed by atoms with Crippen LogP contribution >= 0.6 is 0 Å². The number of halogens is 1. The number of fused-ring (bicyclic) bond motifs is 1. The van der Waals surface area contributed by atoms with Crippen molar-refractivity contribution in [1.29, 1.82) is 5.26 Å². The summed E-state index contributed by atoms with van der Waals surface area (Å²) in [7, 11) is 0. The van der Waals surface area contributed by atoms with E-state index in [1.165, 1.54) is 31.0 Å². The van der Waals surface area contributed by atoms with Crippen LogP contribution in [0.3, 0.4) is 0 Å². The summed E-state index contributed by atoms with van der Waals surface area (Å²) in [5, 5.41) is 17.8. The minimum absolute atomic E-state index is 0.00706. The number of aromatic nitrogens is 4. The molecule has 0 N–H and O–H groups in total. The maximum atomic E-state index is 15.3. The third-order valence-corrected chi connectivity index (χ3v) is 8.57. The van der Waals surface area contributed by atoms with Crippen LogP contribution in [0.1, 0.15) is 19.5 Å². The first-order valence-corrected chi connectivity index (χ1v) is 14.2. The standard InChI is InChI=1S/C30H30FN7O6/c1-18(39)42-15-22(16-43-19(2)40)36-13-25-26(14-36)30(25,17-32)28-6-3-20(10-33-28)24-5-4-21(9-27(24)31)38-12-23(44-29(38)41)11-37-8-7-34-35-37/h3-10,22-23,25-26H,11-16H2,1-2H3/t23-,25-,26+,30+/m0/s1. The predicted octanol–water partition coefficient (Wildman–Crippen LogP) is 2.32. The molecule has 4 heterocycles. The number of carbonyl (C=O) groups excluding carboxylic acids is 3. The van der Waals surface area contributed by atoms with Crippen LogP contribution in [0.5, 0.6) is 0 Å². The van der Waals surface area contributed by atoms with Gasteiger partial charge in [-0.05, 0) is 24.3 Å². The number of likely N-dealkylation sites (tertiary alicyclic amines) is 1. The number of amides is 1. The number of nitrogens with zero attached hydrogens (tertiary/aromatic N) is 7. The third-order valence-electron chi connectivity index (χ3n) is 8.57. The molecule has 14 heteroatoms. The van der Waals surface area contributed by atoms with Gasteiger partial charge in [-0.2, -0.15) is 5.26 Å². The predicted molar refractivity (Wildman–Crippen MR) is 150 cm³/mol. The van der Waals surface area contributed by atoms with Crippen LogP contribution < -0.4 is 4.90 Å². The van der Waals surface area contributed by atoms with E-state index in [0.717, 1.165) is 0 Å². The fourth-order valence-corrected chi connectivity index (χ4v) is 6.32. The lowest BCUT2D eigenvalue weighted by molar-refractivity contribution is -0.147. The molecule has 1 aliphatic carbocycles. The first kappa shape index (κ1) is 29.2. The molecule has 4 atom stereocenters. The molecule has 2 saturated heterocycles. The van der Waals surface area contributed by atoms with Gasteiger partial charge in [0.15, 0.2) is 0 Å². The van der Waals surface area contributed by atoms with Crippen LogP contribution in [0.25, 0.3) is 11.1 Å². The van der Waals surface area contributed by atoms with Crippen LogP contribution in [0.2, 0.25) is 0 Å². The van der Waals surface area contributed by atoms with Crippen LogP contribution in [-0.2, 0) is 35.8 Å². The highest BCUT2D eigenvalue weighted by molar-refractivity contribution is 5.90. The number of hydrogen-bond donors (Lipinski definition) is 0. The first-order chi connectivity index (χ1) is 21.2. The monoisotopic (exact) mass is 603 g/mol. The second-order valence-corrected chi connectivity index (χ2v) is 11.2. The SMILES string of the molecule is CC(=O)OCC(COC(C)=O)N1C[C@@H]2[C@H](C1)[C@@]2(C#N)c1ccc(-c2ccc(N3C[C@H](Cn4ccnn4)OC3=O)cc2F)cn1. The number of carbonyl (C=O) groups is 3. The van der Waals surface area contributed by atoms with Crippen molar-refractivity contribution in [3.8, 4) is 17.2 Å². The quantitative estimate of drug-likeness (QED) is 0.248. The van der Waals surface area contributed by atoms with Gasteiger partial charge in [0.25, 0.3) is 0 Å². The van der Waals surface area contributed by atoms with E-state index in [0.29, 0.717) is 42.1 Å². The Kier molecular flexibility index (Phi) is 7.73.